The summed E-state index contributed by atoms with van der Waals surface area (Å²) in [6.45, 7) is 7.10. The van der Waals surface area contributed by atoms with Crippen LogP contribution < -0.4 is 5.32 Å². The third kappa shape index (κ3) is 2.52. The molecule has 0 aliphatic heterocycles. The normalized spacial score (nSPS) is 37.5. The zero-order valence-corrected chi connectivity index (χ0v) is 12.9. The second kappa shape index (κ2) is 5.26. The highest BCUT2D eigenvalue weighted by molar-refractivity contribution is 7.80. The molecule has 2 aliphatic rings. The van der Waals surface area contributed by atoms with Gasteiger partial charge >= 0.3 is 5.97 Å². The van der Waals surface area contributed by atoms with E-state index in [-0.39, 0.29) is 16.8 Å². The van der Waals surface area contributed by atoms with Gasteiger partial charge in [-0.05, 0) is 30.1 Å². The number of aliphatic carboxylic acids is 1. The summed E-state index contributed by atoms with van der Waals surface area (Å²) in [6, 6.07) is -0.638. The van der Waals surface area contributed by atoms with Gasteiger partial charge in [-0.25, -0.2) is 0 Å². The van der Waals surface area contributed by atoms with Crippen molar-refractivity contribution in [1.29, 1.82) is 0 Å². The van der Waals surface area contributed by atoms with E-state index < -0.39 is 12.0 Å². The highest BCUT2D eigenvalue weighted by Crippen LogP contribution is 2.70. The summed E-state index contributed by atoms with van der Waals surface area (Å²) in [5.41, 5.74) is 0.177. The molecule has 2 aliphatic carbocycles. The van der Waals surface area contributed by atoms with E-state index in [2.05, 4.69) is 38.7 Å². The Balaban J connectivity index is 1.90. The first-order chi connectivity index (χ1) is 8.85. The highest BCUT2D eigenvalue weighted by atomic mass is 32.1. The Labute approximate surface area is 120 Å². The van der Waals surface area contributed by atoms with Gasteiger partial charge in [0.15, 0.2) is 0 Å². The molecule has 0 aromatic carbocycles. The Morgan fingerprint density at radius 2 is 2.21 bits per heavy atom. The van der Waals surface area contributed by atoms with Gasteiger partial charge in [-0.15, -0.1) is 0 Å². The first-order valence-electron chi connectivity index (χ1n) is 7.06. The molecule has 2 rings (SSSR count). The molecule has 5 heteroatoms. The quantitative estimate of drug-likeness (QED) is 0.517. The molecule has 0 saturated heterocycles. The number of carboxylic acid groups (broad SMARTS) is 1. The molecule has 4 atom stereocenters. The fourth-order valence-electron chi connectivity index (χ4n) is 3.84. The van der Waals surface area contributed by atoms with Crippen molar-refractivity contribution in [2.45, 2.75) is 51.7 Å². The van der Waals surface area contributed by atoms with Crippen LogP contribution in [0.5, 0.6) is 0 Å². The number of nitrogens with one attached hydrogen (secondary N) is 1. The molecule has 2 saturated carbocycles. The van der Waals surface area contributed by atoms with Crippen LogP contribution >= 0.6 is 12.6 Å². The average molecular weight is 287 g/mol. The molecule has 0 bridgehead atoms. The fourth-order valence-corrected chi connectivity index (χ4v) is 4.13. The van der Waals surface area contributed by atoms with Crippen molar-refractivity contribution >= 4 is 18.6 Å². The molecule has 3 unspecified atom stereocenters. The lowest BCUT2D eigenvalue weighted by molar-refractivity contribution is -0.140. The van der Waals surface area contributed by atoms with Crippen LogP contribution in [0.1, 0.15) is 40.0 Å². The molecular weight excluding hydrogens is 262 g/mol. The number of rotatable bonds is 6. The van der Waals surface area contributed by atoms with Crippen molar-refractivity contribution in [3.8, 4) is 0 Å². The zero-order valence-electron chi connectivity index (χ0n) is 12.0. The minimum Gasteiger partial charge on any atom is -0.480 e. The first-order valence-corrected chi connectivity index (χ1v) is 7.69. The van der Waals surface area contributed by atoms with Gasteiger partial charge in [0, 0.05) is 5.75 Å². The summed E-state index contributed by atoms with van der Waals surface area (Å²) in [6.07, 6.45) is 3.59. The van der Waals surface area contributed by atoms with E-state index in [1.165, 1.54) is 12.8 Å². The van der Waals surface area contributed by atoms with E-state index in [1.54, 1.807) is 0 Å². The molecule has 4 nitrogen and oxygen atoms in total. The standard InChI is InChI=1S/C14H25NO3S/c1-9-4-5-11-13(2,3)14(11,6-9)18-8-15-10(7-19)12(16)17/h9-11,15,19H,4-8H2,1-3H3,(H,16,17)/t9?,10-,11?,14?/m0/s1. The fraction of sp³-hybridized carbons (Fsp3) is 0.929. The van der Waals surface area contributed by atoms with Gasteiger partial charge in [0.05, 0.1) is 12.3 Å². The summed E-state index contributed by atoms with van der Waals surface area (Å²) >= 11 is 4.04. The number of thiol groups is 1. The van der Waals surface area contributed by atoms with Crippen LogP contribution in [0.25, 0.3) is 0 Å². The topological polar surface area (TPSA) is 58.6 Å². The van der Waals surface area contributed by atoms with Gasteiger partial charge in [-0.2, -0.15) is 12.6 Å². The summed E-state index contributed by atoms with van der Waals surface area (Å²) in [5.74, 6) is 0.713. The summed E-state index contributed by atoms with van der Waals surface area (Å²) < 4.78 is 6.10. The smallest absolute Gasteiger partial charge is 0.321 e. The van der Waals surface area contributed by atoms with Gasteiger partial charge in [0.25, 0.3) is 0 Å². The van der Waals surface area contributed by atoms with Gasteiger partial charge < -0.3 is 9.84 Å². The van der Waals surface area contributed by atoms with Crippen LogP contribution in [0.2, 0.25) is 0 Å². The lowest BCUT2D eigenvalue weighted by atomic mass is 9.88. The van der Waals surface area contributed by atoms with Gasteiger partial charge in [0.2, 0.25) is 0 Å². The molecule has 0 radical (unpaired) electrons. The molecule has 0 spiro atoms. The minimum atomic E-state index is -0.875. The highest BCUT2D eigenvalue weighted by Gasteiger charge is 2.73. The van der Waals surface area contributed by atoms with E-state index in [0.717, 1.165) is 6.42 Å². The summed E-state index contributed by atoms with van der Waals surface area (Å²) in [5, 5.41) is 11.9. The molecule has 0 amide bonds. The number of carboxylic acids is 1. The third-order valence-corrected chi connectivity index (χ3v) is 5.55. The zero-order chi connectivity index (χ0) is 14.3. The van der Waals surface area contributed by atoms with Crippen molar-refractivity contribution in [3.63, 3.8) is 0 Å². The third-order valence-electron chi connectivity index (χ3n) is 5.18. The second-order valence-corrected chi connectivity index (χ2v) is 6.98. The van der Waals surface area contributed by atoms with E-state index in [4.69, 9.17) is 9.84 Å². The van der Waals surface area contributed by atoms with Crippen LogP contribution in [0.3, 0.4) is 0 Å². The van der Waals surface area contributed by atoms with E-state index in [0.29, 0.717) is 18.6 Å². The minimum absolute atomic E-state index is 0.0443. The Kier molecular flexibility index (Phi) is 4.19. The van der Waals surface area contributed by atoms with Crippen molar-refractivity contribution < 1.29 is 14.6 Å². The van der Waals surface area contributed by atoms with E-state index in [9.17, 15) is 4.79 Å². The number of ether oxygens (including phenoxy) is 1. The van der Waals surface area contributed by atoms with Crippen molar-refractivity contribution in [2.24, 2.45) is 17.3 Å². The predicted molar refractivity (Wildman–Crippen MR) is 77.4 cm³/mol. The number of carbonyl (C=O) groups is 1. The van der Waals surface area contributed by atoms with E-state index in [1.807, 2.05) is 0 Å². The van der Waals surface area contributed by atoms with Crippen molar-refractivity contribution in [2.75, 3.05) is 12.5 Å². The maximum absolute atomic E-state index is 10.9. The molecule has 0 heterocycles. The Bertz CT molecular complexity index is 361. The van der Waals surface area contributed by atoms with Crippen LogP contribution in [-0.2, 0) is 9.53 Å². The predicted octanol–water partition coefficient (Wildman–Crippen LogP) is 2.15. The summed E-state index contributed by atoms with van der Waals surface area (Å²) in [7, 11) is 0. The molecule has 110 valence electrons. The van der Waals surface area contributed by atoms with Crippen LogP contribution in [0, 0.1) is 17.3 Å². The second-order valence-electron chi connectivity index (χ2n) is 6.62. The molecule has 2 N–H and O–H groups in total. The van der Waals surface area contributed by atoms with Crippen LogP contribution in [0.4, 0.5) is 0 Å². The lowest BCUT2D eigenvalue weighted by Gasteiger charge is -2.29. The maximum Gasteiger partial charge on any atom is 0.321 e. The lowest BCUT2D eigenvalue weighted by Crippen LogP contribution is -2.42. The molecular formula is C14H25NO3S. The molecule has 19 heavy (non-hydrogen) atoms. The molecule has 2 fully saturated rings. The van der Waals surface area contributed by atoms with Gasteiger partial charge in [-0.1, -0.05) is 27.2 Å². The maximum atomic E-state index is 10.9. The number of hydrogen-bond acceptors (Lipinski definition) is 4. The monoisotopic (exact) mass is 287 g/mol. The molecule has 0 aromatic heterocycles. The first kappa shape index (κ1) is 15.1. The largest absolute Gasteiger partial charge is 0.480 e. The van der Waals surface area contributed by atoms with Gasteiger partial charge in [0.1, 0.15) is 6.04 Å². The molecule has 0 aromatic rings. The van der Waals surface area contributed by atoms with Crippen molar-refractivity contribution in [3.05, 3.63) is 0 Å². The van der Waals surface area contributed by atoms with Crippen LogP contribution in [-0.4, -0.2) is 35.2 Å². The Morgan fingerprint density at radius 3 is 2.79 bits per heavy atom. The average Bonchev–Trinajstić information content (AvgIpc) is 2.80. The number of hydrogen-bond donors (Lipinski definition) is 3. The summed E-state index contributed by atoms with van der Waals surface area (Å²) in [4.78, 5) is 10.9. The Hall–Kier alpha value is -0.260. The Morgan fingerprint density at radius 1 is 1.53 bits per heavy atom. The SMILES string of the molecule is CC1CCC2C(C)(C)C2(OCN[C@@H](CS)C(=O)O)C1. The van der Waals surface area contributed by atoms with Crippen molar-refractivity contribution in [1.82, 2.24) is 5.32 Å². The van der Waals surface area contributed by atoms with Gasteiger partial charge in [-0.3, -0.25) is 10.1 Å². The van der Waals surface area contributed by atoms with E-state index >= 15 is 0 Å². The number of fused-ring (bicyclic) bond motifs is 1. The van der Waals surface area contributed by atoms with Crippen LogP contribution in [0.15, 0.2) is 0 Å².